The lowest BCUT2D eigenvalue weighted by Gasteiger charge is -2.63. The van der Waals surface area contributed by atoms with Gasteiger partial charge >= 0.3 is 12.2 Å². The highest BCUT2D eigenvalue weighted by molar-refractivity contribution is 7.05. The lowest BCUT2D eigenvalue weighted by Crippen LogP contribution is -2.71. The highest BCUT2D eigenvalue weighted by Gasteiger charge is 2.58. The maximum absolute atomic E-state index is 12.9. The normalized spacial score (nSPS) is 25.7. The highest BCUT2D eigenvalue weighted by Crippen LogP contribution is 2.56. The predicted molar refractivity (Wildman–Crippen MR) is 115 cm³/mol. The molecule has 2 aliphatic heterocycles. The topological polar surface area (TPSA) is 80.0 Å². The Labute approximate surface area is 198 Å². The minimum atomic E-state index is -4.48. The molecule has 5 fully saturated rings. The zero-order chi connectivity index (χ0) is 23.3. The third-order valence-corrected chi connectivity index (χ3v) is 9.19. The molecular weight excluding hydrogens is 467 g/mol. The van der Waals surface area contributed by atoms with Crippen LogP contribution in [0.25, 0.3) is 0 Å². The van der Waals surface area contributed by atoms with Gasteiger partial charge in [0, 0.05) is 49.3 Å². The van der Waals surface area contributed by atoms with E-state index in [4.69, 9.17) is 0 Å². The van der Waals surface area contributed by atoms with Crippen molar-refractivity contribution in [3.05, 3.63) is 23.0 Å². The summed E-state index contributed by atoms with van der Waals surface area (Å²) in [4.78, 5) is 24.9. The number of halogens is 3. The van der Waals surface area contributed by atoms with Crippen LogP contribution in [0.3, 0.4) is 0 Å². The van der Waals surface area contributed by atoms with Crippen LogP contribution in [0.15, 0.2) is 6.33 Å². The van der Waals surface area contributed by atoms with Gasteiger partial charge in [0.15, 0.2) is 5.82 Å². The fourth-order valence-corrected chi connectivity index (χ4v) is 7.42. The second-order valence-corrected chi connectivity index (χ2v) is 12.2. The average Bonchev–Trinajstić information content (AvgIpc) is 3.19. The largest absolute Gasteiger partial charge is 0.452 e. The molecule has 0 aromatic carbocycles. The molecule has 3 saturated carbocycles. The van der Waals surface area contributed by atoms with Crippen LogP contribution in [0, 0.1) is 16.7 Å². The summed E-state index contributed by atoms with van der Waals surface area (Å²) in [6, 6.07) is 0.551. The fraction of sp³-hybridized carbons (Fsp3) is 0.773. The van der Waals surface area contributed by atoms with Gasteiger partial charge in [0.1, 0.15) is 11.3 Å². The van der Waals surface area contributed by atoms with Gasteiger partial charge in [-0.25, -0.2) is 19.4 Å². The first kappa shape index (κ1) is 21.1. The molecule has 2 aromatic rings. The third kappa shape index (κ3) is 3.43. The average molecular weight is 494 g/mol. The molecule has 5 aliphatic rings. The van der Waals surface area contributed by atoms with Gasteiger partial charge in [0.2, 0.25) is 5.82 Å². The molecule has 8 nitrogen and oxygen atoms in total. The van der Waals surface area contributed by atoms with Gasteiger partial charge in [-0.3, -0.25) is 0 Å². The third-order valence-electron chi connectivity index (χ3n) is 8.45. The highest BCUT2D eigenvalue weighted by atomic mass is 32.1. The van der Waals surface area contributed by atoms with Gasteiger partial charge in [0.25, 0.3) is 0 Å². The van der Waals surface area contributed by atoms with Crippen molar-refractivity contribution in [2.24, 2.45) is 16.7 Å². The molecule has 12 heteroatoms. The van der Waals surface area contributed by atoms with Crippen molar-refractivity contribution in [1.29, 1.82) is 0 Å². The lowest BCUT2D eigenvalue weighted by atomic mass is 9.57. The van der Waals surface area contributed by atoms with Crippen LogP contribution < -0.4 is 0 Å². The summed E-state index contributed by atoms with van der Waals surface area (Å²) in [6.07, 6.45) is 4.39. The van der Waals surface area contributed by atoms with Crippen LogP contribution in [0.2, 0.25) is 0 Å². The Balaban J connectivity index is 0.844. The van der Waals surface area contributed by atoms with Crippen LogP contribution >= 0.6 is 11.5 Å². The second kappa shape index (κ2) is 6.92. The molecule has 4 heterocycles. The Morgan fingerprint density at radius 1 is 1.06 bits per heavy atom. The number of carbonyl (C=O) groups is 1. The number of hydrogen-bond acceptors (Lipinski definition) is 6. The van der Waals surface area contributed by atoms with Gasteiger partial charge in [-0.2, -0.15) is 22.6 Å². The van der Waals surface area contributed by atoms with Gasteiger partial charge in [-0.15, -0.1) is 0 Å². The van der Waals surface area contributed by atoms with E-state index in [1.165, 1.54) is 12.8 Å². The number of hydrogen-bond donors (Lipinski definition) is 0. The van der Waals surface area contributed by atoms with Crippen molar-refractivity contribution in [2.45, 2.75) is 63.1 Å². The second-order valence-electron chi connectivity index (χ2n) is 11.4. The molecule has 7 rings (SSSR count). The summed E-state index contributed by atoms with van der Waals surface area (Å²) >= 11 is 0.850. The minimum absolute atomic E-state index is 0.138. The van der Waals surface area contributed by atoms with E-state index in [2.05, 4.69) is 19.4 Å². The van der Waals surface area contributed by atoms with E-state index >= 15 is 0 Å². The Bertz CT molecular complexity index is 1110. The Morgan fingerprint density at radius 3 is 2.29 bits per heavy atom. The van der Waals surface area contributed by atoms with E-state index in [1.54, 1.807) is 0 Å². The quantitative estimate of drug-likeness (QED) is 0.648. The molecule has 0 bridgehead atoms. The van der Waals surface area contributed by atoms with Crippen LogP contribution in [-0.4, -0.2) is 66.1 Å². The number of urea groups is 1. The van der Waals surface area contributed by atoms with Gasteiger partial charge in [-0.1, -0.05) is 0 Å². The monoisotopic (exact) mass is 493 g/mol. The molecule has 2 aromatic heterocycles. The van der Waals surface area contributed by atoms with E-state index in [0.29, 0.717) is 29.3 Å². The van der Waals surface area contributed by atoms with Crippen molar-refractivity contribution in [1.82, 2.24) is 33.9 Å². The molecule has 0 N–H and O–H groups in total. The van der Waals surface area contributed by atoms with Gasteiger partial charge < -0.3 is 9.80 Å². The lowest BCUT2D eigenvalue weighted by molar-refractivity contribution is -0.144. The van der Waals surface area contributed by atoms with Gasteiger partial charge in [0.05, 0.1) is 6.04 Å². The maximum Gasteiger partial charge on any atom is 0.452 e. The van der Waals surface area contributed by atoms with Crippen LogP contribution in [0.5, 0.6) is 0 Å². The Hall–Kier alpha value is -2.24. The number of carbonyl (C=O) groups excluding carboxylic acids is 1. The molecule has 0 radical (unpaired) electrons. The number of nitrogens with zero attached hydrogens (tertiary/aromatic N) is 7. The van der Waals surface area contributed by atoms with E-state index in [0.717, 1.165) is 69.2 Å². The number of rotatable bonds is 4. The van der Waals surface area contributed by atoms with E-state index < -0.39 is 12.0 Å². The molecule has 2 saturated heterocycles. The summed E-state index contributed by atoms with van der Waals surface area (Å²) < 4.78 is 43.5. The Morgan fingerprint density at radius 2 is 1.71 bits per heavy atom. The smallest absolute Gasteiger partial charge is 0.323 e. The standard InChI is InChI=1S/C22H26F3N7OS/c23-22(24,25)18-27-16(34-29-18)3-13-4-20(5-13)8-30(9-20)19(33)31-10-21(11-31)6-15(7-21)32-12-26-17(28-32)14-1-2-14/h12-15H,1-11H2. The molecule has 3 aliphatic carbocycles. The van der Waals surface area contributed by atoms with Crippen molar-refractivity contribution < 1.29 is 18.0 Å². The Kier molecular flexibility index (Phi) is 4.29. The predicted octanol–water partition coefficient (Wildman–Crippen LogP) is 3.74. The van der Waals surface area contributed by atoms with Crippen LogP contribution in [0.1, 0.15) is 67.1 Å². The molecule has 0 unspecified atom stereocenters. The number of amides is 2. The molecular formula is C22H26F3N7OS. The molecule has 2 spiro atoms. The SMILES string of the molecule is O=C(N1CC2(CC(Cc3nc(C(F)(F)F)ns3)C2)C1)N1CC2(CC(n3cnc(C4CC4)n3)C2)C1. The zero-order valence-electron chi connectivity index (χ0n) is 18.7. The number of alkyl halides is 3. The van der Waals surface area contributed by atoms with E-state index in [9.17, 15) is 18.0 Å². The minimum Gasteiger partial charge on any atom is -0.323 e. The fourth-order valence-electron chi connectivity index (χ4n) is 6.64. The first-order chi connectivity index (χ1) is 16.2. The summed E-state index contributed by atoms with van der Waals surface area (Å²) in [5.41, 5.74) is 0.418. The van der Waals surface area contributed by atoms with E-state index in [-0.39, 0.29) is 16.9 Å². The molecule has 34 heavy (non-hydrogen) atoms. The van der Waals surface area contributed by atoms with Gasteiger partial charge in [-0.05, 0) is 56.0 Å². The summed E-state index contributed by atoms with van der Waals surface area (Å²) in [5.74, 6) is 0.870. The first-order valence-corrected chi connectivity index (χ1v) is 12.8. The number of aromatic nitrogens is 5. The summed E-state index contributed by atoms with van der Waals surface area (Å²) in [6.45, 7) is 3.19. The summed E-state index contributed by atoms with van der Waals surface area (Å²) in [7, 11) is 0. The molecule has 0 atom stereocenters. The van der Waals surface area contributed by atoms with Crippen molar-refractivity contribution in [3.8, 4) is 0 Å². The van der Waals surface area contributed by atoms with Crippen LogP contribution in [-0.2, 0) is 12.6 Å². The first-order valence-electron chi connectivity index (χ1n) is 12.0. The van der Waals surface area contributed by atoms with Crippen LogP contribution in [0.4, 0.5) is 18.0 Å². The molecule has 2 amide bonds. The van der Waals surface area contributed by atoms with Crippen molar-refractivity contribution in [2.75, 3.05) is 26.2 Å². The zero-order valence-corrected chi connectivity index (χ0v) is 19.5. The number of likely N-dealkylation sites (tertiary alicyclic amines) is 2. The van der Waals surface area contributed by atoms with Crippen molar-refractivity contribution in [3.63, 3.8) is 0 Å². The van der Waals surface area contributed by atoms with Crippen molar-refractivity contribution >= 4 is 17.6 Å². The molecule has 182 valence electrons. The maximum atomic E-state index is 12.9. The van der Waals surface area contributed by atoms with E-state index in [1.807, 2.05) is 20.8 Å². The summed E-state index contributed by atoms with van der Waals surface area (Å²) in [5, 5.41) is 5.12.